The summed E-state index contributed by atoms with van der Waals surface area (Å²) in [7, 11) is 0. The summed E-state index contributed by atoms with van der Waals surface area (Å²) >= 11 is 0. The van der Waals surface area contributed by atoms with E-state index < -0.39 is 11.5 Å². The molecule has 0 spiro atoms. The predicted octanol–water partition coefficient (Wildman–Crippen LogP) is 3.64. The van der Waals surface area contributed by atoms with E-state index >= 15 is 0 Å². The van der Waals surface area contributed by atoms with Crippen molar-refractivity contribution in [2.75, 3.05) is 0 Å². The number of ketones is 1. The van der Waals surface area contributed by atoms with E-state index in [4.69, 9.17) is 5.26 Å². The summed E-state index contributed by atoms with van der Waals surface area (Å²) < 4.78 is 0. The van der Waals surface area contributed by atoms with Gasteiger partial charge < -0.3 is 0 Å². The van der Waals surface area contributed by atoms with Gasteiger partial charge in [0.1, 0.15) is 5.94 Å². The van der Waals surface area contributed by atoms with E-state index in [0.29, 0.717) is 11.1 Å². The van der Waals surface area contributed by atoms with Gasteiger partial charge in [-0.25, -0.2) is 9.68 Å². The van der Waals surface area contributed by atoms with E-state index in [9.17, 15) is 9.59 Å². The van der Waals surface area contributed by atoms with E-state index in [1.54, 1.807) is 69.3 Å². The summed E-state index contributed by atoms with van der Waals surface area (Å²) in [6, 6.07) is 8.96. The molecule has 1 aliphatic rings. The normalized spacial score (nSPS) is 16.5. The maximum absolute atomic E-state index is 12.1. The lowest BCUT2D eigenvalue weighted by Gasteiger charge is -2.12. The molecule has 1 unspecified atom stereocenters. The maximum atomic E-state index is 12.1. The molecule has 1 aromatic rings. The zero-order valence-electron chi connectivity index (χ0n) is 12.9. The Bertz CT molecular complexity index is 600. The Morgan fingerprint density at radius 3 is 2.27 bits per heavy atom. The molecule has 2 rings (SSSR count). The van der Waals surface area contributed by atoms with Crippen LogP contribution in [0.4, 0.5) is 0 Å². The van der Waals surface area contributed by atoms with Gasteiger partial charge in [0.15, 0.2) is 5.78 Å². The molecule has 1 aromatic carbocycles. The molecule has 4 nitrogen and oxygen atoms in total. The standard InChI is InChI=1S/C14H10O2.C4H10O2/c15-10-12-8-4-5-9-13(12)14(16)11-6-2-1-3-7-11;1-4(2,3)6-5/h1-9,13H;5H,1-3H3. The van der Waals surface area contributed by atoms with Crippen LogP contribution in [0.2, 0.25) is 0 Å². The van der Waals surface area contributed by atoms with Crippen molar-refractivity contribution in [3.8, 4) is 0 Å². The minimum Gasteiger partial charge on any atom is -0.293 e. The third-order valence-electron chi connectivity index (χ3n) is 2.76. The fourth-order valence-corrected chi connectivity index (χ4v) is 1.65. The lowest BCUT2D eigenvalue weighted by molar-refractivity contribution is -0.306. The molecule has 1 atom stereocenters. The summed E-state index contributed by atoms with van der Waals surface area (Å²) in [6.07, 6.45) is 6.84. The first-order valence-corrected chi connectivity index (χ1v) is 6.90. The highest BCUT2D eigenvalue weighted by Crippen LogP contribution is 2.21. The lowest BCUT2D eigenvalue weighted by Crippen LogP contribution is -2.15. The highest BCUT2D eigenvalue weighted by Gasteiger charge is 2.22. The van der Waals surface area contributed by atoms with Gasteiger partial charge in [-0.05, 0) is 26.8 Å². The van der Waals surface area contributed by atoms with Crippen LogP contribution >= 0.6 is 0 Å². The summed E-state index contributed by atoms with van der Waals surface area (Å²) in [5.74, 6) is 1.25. The van der Waals surface area contributed by atoms with Gasteiger partial charge >= 0.3 is 0 Å². The Kier molecular flexibility index (Phi) is 6.67. The van der Waals surface area contributed by atoms with Gasteiger partial charge in [-0.2, -0.15) is 0 Å². The third-order valence-corrected chi connectivity index (χ3v) is 2.76. The molecule has 0 amide bonds. The van der Waals surface area contributed by atoms with Crippen molar-refractivity contribution in [3.63, 3.8) is 0 Å². The highest BCUT2D eigenvalue weighted by molar-refractivity contribution is 6.02. The largest absolute Gasteiger partial charge is 0.293 e. The predicted molar refractivity (Wildman–Crippen MR) is 85.2 cm³/mol. The van der Waals surface area contributed by atoms with Gasteiger partial charge in [-0.1, -0.05) is 48.6 Å². The average molecular weight is 300 g/mol. The van der Waals surface area contributed by atoms with Crippen molar-refractivity contribution >= 4 is 11.7 Å². The van der Waals surface area contributed by atoms with E-state index in [1.807, 2.05) is 12.0 Å². The Labute approximate surface area is 130 Å². The molecular formula is C18H20O4. The van der Waals surface area contributed by atoms with E-state index in [2.05, 4.69) is 4.89 Å². The van der Waals surface area contributed by atoms with Crippen molar-refractivity contribution in [2.24, 2.45) is 5.92 Å². The monoisotopic (exact) mass is 300 g/mol. The van der Waals surface area contributed by atoms with Crippen LogP contribution in [-0.4, -0.2) is 22.6 Å². The number of Topliss-reactive ketones (excluding diaryl/α,β-unsaturated/α-hetero) is 1. The highest BCUT2D eigenvalue weighted by atomic mass is 17.1. The summed E-state index contributed by atoms with van der Waals surface area (Å²) in [6.45, 7) is 5.31. The Morgan fingerprint density at radius 1 is 1.18 bits per heavy atom. The van der Waals surface area contributed by atoms with E-state index in [0.717, 1.165) is 0 Å². The van der Waals surface area contributed by atoms with Crippen LogP contribution in [0.3, 0.4) is 0 Å². The van der Waals surface area contributed by atoms with Gasteiger partial charge in [0.05, 0.1) is 17.1 Å². The van der Waals surface area contributed by atoms with Gasteiger partial charge in [-0.3, -0.25) is 10.1 Å². The van der Waals surface area contributed by atoms with Crippen molar-refractivity contribution in [1.82, 2.24) is 0 Å². The Morgan fingerprint density at radius 2 is 1.77 bits per heavy atom. The van der Waals surface area contributed by atoms with Crippen molar-refractivity contribution in [3.05, 3.63) is 65.8 Å². The molecule has 0 heterocycles. The number of hydrogen-bond donors (Lipinski definition) is 1. The molecule has 116 valence electrons. The number of rotatable bonds is 2. The van der Waals surface area contributed by atoms with Crippen LogP contribution in [-0.2, 0) is 9.68 Å². The molecular weight excluding hydrogens is 280 g/mol. The SMILES string of the molecule is CC(C)(C)OO.O=C=C1C=CC=CC1C(=O)c1ccccc1. The number of allylic oxidation sites excluding steroid dienone is 5. The minimum atomic E-state index is -0.495. The van der Waals surface area contributed by atoms with Gasteiger partial charge in [-0.15, -0.1) is 0 Å². The van der Waals surface area contributed by atoms with Crippen molar-refractivity contribution in [2.45, 2.75) is 26.4 Å². The van der Waals surface area contributed by atoms with Crippen molar-refractivity contribution in [1.29, 1.82) is 0 Å². The molecule has 4 heteroatoms. The average Bonchev–Trinajstić information content (AvgIpc) is 2.55. The molecule has 1 N–H and O–H groups in total. The van der Waals surface area contributed by atoms with Gasteiger partial charge in [0, 0.05) is 5.56 Å². The zero-order valence-corrected chi connectivity index (χ0v) is 12.9. The Hall–Kier alpha value is -2.26. The van der Waals surface area contributed by atoms with Crippen LogP contribution in [0.5, 0.6) is 0 Å². The number of carbonyl (C=O) groups excluding carboxylic acids is 2. The van der Waals surface area contributed by atoms with Crippen LogP contribution in [0.15, 0.2) is 60.2 Å². The Balaban J connectivity index is 0.000000346. The quantitative estimate of drug-likeness (QED) is 0.392. The maximum Gasteiger partial charge on any atom is 0.174 e. The van der Waals surface area contributed by atoms with E-state index in [1.165, 1.54) is 0 Å². The molecule has 0 aromatic heterocycles. The summed E-state index contributed by atoms with van der Waals surface area (Å²) in [5.41, 5.74) is 0.594. The molecule has 1 aliphatic carbocycles. The second-order valence-corrected chi connectivity index (χ2v) is 5.71. The van der Waals surface area contributed by atoms with Crippen LogP contribution in [0.1, 0.15) is 31.1 Å². The first-order valence-electron chi connectivity index (χ1n) is 6.90. The molecule has 0 bridgehead atoms. The second kappa shape index (κ2) is 8.25. The molecule has 0 saturated carbocycles. The van der Waals surface area contributed by atoms with Gasteiger partial charge in [0.2, 0.25) is 0 Å². The first kappa shape index (κ1) is 17.8. The molecule has 22 heavy (non-hydrogen) atoms. The summed E-state index contributed by atoms with van der Waals surface area (Å²) in [5, 5.41) is 7.90. The van der Waals surface area contributed by atoms with E-state index in [-0.39, 0.29) is 5.78 Å². The van der Waals surface area contributed by atoms with Crippen LogP contribution < -0.4 is 0 Å². The fraction of sp³-hybridized carbons (Fsp3) is 0.278. The smallest absolute Gasteiger partial charge is 0.174 e. The van der Waals surface area contributed by atoms with Gasteiger partial charge in [0.25, 0.3) is 0 Å². The summed E-state index contributed by atoms with van der Waals surface area (Å²) in [4.78, 5) is 26.7. The topological polar surface area (TPSA) is 63.6 Å². The number of carbonyl (C=O) groups is 1. The fourth-order valence-electron chi connectivity index (χ4n) is 1.65. The molecule has 0 aliphatic heterocycles. The first-order chi connectivity index (χ1) is 10.4. The lowest BCUT2D eigenvalue weighted by atomic mass is 9.88. The molecule has 0 saturated heterocycles. The number of hydrogen-bond acceptors (Lipinski definition) is 4. The molecule has 0 radical (unpaired) electrons. The van der Waals surface area contributed by atoms with Crippen LogP contribution in [0.25, 0.3) is 0 Å². The zero-order chi connectivity index (χ0) is 16.6. The molecule has 0 fully saturated rings. The van der Waals surface area contributed by atoms with Crippen LogP contribution in [0, 0.1) is 5.92 Å². The minimum absolute atomic E-state index is 0.0699. The third kappa shape index (κ3) is 5.62. The van der Waals surface area contributed by atoms with Crippen molar-refractivity contribution < 1.29 is 19.7 Å². The second-order valence-electron chi connectivity index (χ2n) is 5.71. The number of benzene rings is 1.